The van der Waals surface area contributed by atoms with E-state index >= 15 is 0 Å². The van der Waals surface area contributed by atoms with E-state index < -0.39 is 0 Å². The molecule has 2 rings (SSSR count). The zero-order chi connectivity index (χ0) is 15.1. The highest BCUT2D eigenvalue weighted by atomic mass is 16.5. The molecule has 0 aliphatic heterocycles. The van der Waals surface area contributed by atoms with Crippen LogP contribution in [0.5, 0.6) is 11.5 Å². The molecule has 0 N–H and O–H groups in total. The summed E-state index contributed by atoms with van der Waals surface area (Å²) < 4.78 is 11.3. The Morgan fingerprint density at radius 3 is 2.29 bits per heavy atom. The number of hydrogen-bond acceptors (Lipinski definition) is 3. The number of carbonyl (C=O) groups excluding carboxylic acids is 1. The lowest BCUT2D eigenvalue weighted by Crippen LogP contribution is -2.07. The maximum absolute atomic E-state index is 12.3. The molecule has 0 unspecified atom stereocenters. The summed E-state index contributed by atoms with van der Waals surface area (Å²) in [6.45, 7) is 4.95. The van der Waals surface area contributed by atoms with E-state index in [9.17, 15) is 4.79 Å². The maximum Gasteiger partial charge on any atom is 0.167 e. The highest BCUT2D eigenvalue weighted by Gasteiger charge is 2.14. The van der Waals surface area contributed by atoms with Crippen LogP contribution in [0, 0.1) is 0 Å². The summed E-state index contributed by atoms with van der Waals surface area (Å²) in [6, 6.07) is 15.0. The molecule has 110 valence electrons. The van der Waals surface area contributed by atoms with Crippen LogP contribution in [-0.4, -0.2) is 19.0 Å². The second-order valence-electron chi connectivity index (χ2n) is 4.58. The number of para-hydroxylation sites is 1. The molecule has 3 heteroatoms. The van der Waals surface area contributed by atoms with Gasteiger partial charge in [0, 0.05) is 17.5 Å². The van der Waals surface area contributed by atoms with Gasteiger partial charge < -0.3 is 9.47 Å². The molecule has 0 aliphatic carbocycles. The van der Waals surface area contributed by atoms with E-state index in [1.165, 1.54) is 0 Å². The van der Waals surface area contributed by atoms with Gasteiger partial charge in [-0.1, -0.05) is 42.5 Å². The Bertz CT molecular complexity index is 591. The fourth-order valence-corrected chi connectivity index (χ4v) is 2.18. The topological polar surface area (TPSA) is 35.5 Å². The molecule has 0 heterocycles. The van der Waals surface area contributed by atoms with Gasteiger partial charge in [-0.05, 0) is 19.9 Å². The van der Waals surface area contributed by atoms with E-state index in [1.54, 1.807) is 0 Å². The van der Waals surface area contributed by atoms with E-state index in [-0.39, 0.29) is 5.78 Å². The van der Waals surface area contributed by atoms with Gasteiger partial charge in [-0.15, -0.1) is 0 Å². The molecule has 3 nitrogen and oxygen atoms in total. The normalized spacial score (nSPS) is 10.2. The zero-order valence-corrected chi connectivity index (χ0v) is 12.5. The summed E-state index contributed by atoms with van der Waals surface area (Å²) in [5, 5.41) is 0. The van der Waals surface area contributed by atoms with E-state index in [2.05, 4.69) is 0 Å². The average molecular weight is 284 g/mol. The first-order chi connectivity index (χ1) is 10.3. The van der Waals surface area contributed by atoms with Crippen LogP contribution < -0.4 is 9.47 Å². The Labute approximate surface area is 125 Å². The van der Waals surface area contributed by atoms with Crippen molar-refractivity contribution >= 4 is 5.78 Å². The Morgan fingerprint density at radius 1 is 0.905 bits per heavy atom. The van der Waals surface area contributed by atoms with Crippen LogP contribution in [-0.2, 0) is 6.42 Å². The zero-order valence-electron chi connectivity index (χ0n) is 12.5. The van der Waals surface area contributed by atoms with Crippen LogP contribution in [0.15, 0.2) is 48.5 Å². The van der Waals surface area contributed by atoms with Gasteiger partial charge in [0.15, 0.2) is 17.3 Å². The molecule has 0 radical (unpaired) electrons. The molecule has 0 amide bonds. The number of benzene rings is 2. The second kappa shape index (κ2) is 7.48. The van der Waals surface area contributed by atoms with Crippen molar-refractivity contribution in [3.63, 3.8) is 0 Å². The highest BCUT2D eigenvalue weighted by molar-refractivity contribution is 5.97. The molecule has 0 spiro atoms. The first-order valence-electron chi connectivity index (χ1n) is 7.22. The van der Waals surface area contributed by atoms with Crippen LogP contribution in [0.3, 0.4) is 0 Å². The van der Waals surface area contributed by atoms with E-state index in [0.29, 0.717) is 36.7 Å². The van der Waals surface area contributed by atoms with Crippen molar-refractivity contribution in [1.82, 2.24) is 0 Å². The number of Topliss-reactive ketones (excluding diaryl/α,β-unsaturated/α-hetero) is 1. The molecule has 0 saturated heterocycles. The number of ketones is 1. The number of rotatable bonds is 7. The van der Waals surface area contributed by atoms with Gasteiger partial charge in [-0.2, -0.15) is 0 Å². The lowest BCUT2D eigenvalue weighted by molar-refractivity contribution is 0.0991. The molecule has 0 saturated carbocycles. The van der Waals surface area contributed by atoms with Gasteiger partial charge in [0.2, 0.25) is 0 Å². The summed E-state index contributed by atoms with van der Waals surface area (Å²) in [7, 11) is 0. The van der Waals surface area contributed by atoms with Crippen molar-refractivity contribution in [3.05, 3.63) is 59.7 Å². The van der Waals surface area contributed by atoms with E-state index in [4.69, 9.17) is 9.47 Å². The van der Waals surface area contributed by atoms with Crippen LogP contribution >= 0.6 is 0 Å². The lowest BCUT2D eigenvalue weighted by Gasteiger charge is -2.14. The second-order valence-corrected chi connectivity index (χ2v) is 4.58. The van der Waals surface area contributed by atoms with Crippen molar-refractivity contribution in [1.29, 1.82) is 0 Å². The van der Waals surface area contributed by atoms with Gasteiger partial charge in [0.1, 0.15) is 0 Å². The summed E-state index contributed by atoms with van der Waals surface area (Å²) in [6.07, 6.45) is 0.306. The summed E-state index contributed by atoms with van der Waals surface area (Å²) in [4.78, 5) is 12.3. The Morgan fingerprint density at radius 2 is 1.62 bits per heavy atom. The van der Waals surface area contributed by atoms with Crippen LogP contribution in [0.2, 0.25) is 0 Å². The Hall–Kier alpha value is -2.29. The van der Waals surface area contributed by atoms with Gasteiger partial charge in [-0.3, -0.25) is 4.79 Å². The van der Waals surface area contributed by atoms with Crippen LogP contribution in [0.25, 0.3) is 0 Å². The highest BCUT2D eigenvalue weighted by Crippen LogP contribution is 2.32. The Balaban J connectivity index is 2.26. The fourth-order valence-electron chi connectivity index (χ4n) is 2.18. The van der Waals surface area contributed by atoms with Gasteiger partial charge >= 0.3 is 0 Å². The minimum atomic E-state index is 0.0743. The average Bonchev–Trinajstić information content (AvgIpc) is 2.51. The minimum Gasteiger partial charge on any atom is -0.490 e. The van der Waals surface area contributed by atoms with Crippen molar-refractivity contribution < 1.29 is 14.3 Å². The summed E-state index contributed by atoms with van der Waals surface area (Å²) in [5.41, 5.74) is 1.57. The molecular weight excluding hydrogens is 264 g/mol. The maximum atomic E-state index is 12.3. The molecular formula is C18H20O3. The molecule has 0 fully saturated rings. The number of ether oxygens (including phenoxy) is 2. The number of carbonyl (C=O) groups is 1. The third kappa shape index (κ3) is 3.85. The summed E-state index contributed by atoms with van der Waals surface area (Å²) in [5.74, 6) is 1.44. The lowest BCUT2D eigenvalue weighted by atomic mass is 10.0. The third-order valence-electron chi connectivity index (χ3n) is 3.10. The quantitative estimate of drug-likeness (QED) is 0.723. The molecule has 0 atom stereocenters. The largest absolute Gasteiger partial charge is 0.490 e. The van der Waals surface area contributed by atoms with Crippen LogP contribution in [0.4, 0.5) is 0 Å². The monoisotopic (exact) mass is 284 g/mol. The van der Waals surface area contributed by atoms with Gasteiger partial charge in [0.05, 0.1) is 13.2 Å². The fraction of sp³-hybridized carbons (Fsp3) is 0.278. The van der Waals surface area contributed by atoms with Crippen molar-refractivity contribution in [2.75, 3.05) is 13.2 Å². The predicted octanol–water partition coefficient (Wildman–Crippen LogP) is 3.91. The van der Waals surface area contributed by atoms with Crippen molar-refractivity contribution in [3.8, 4) is 11.5 Å². The number of hydrogen-bond donors (Lipinski definition) is 0. The van der Waals surface area contributed by atoms with Crippen molar-refractivity contribution in [2.45, 2.75) is 20.3 Å². The third-order valence-corrected chi connectivity index (χ3v) is 3.10. The first kappa shape index (κ1) is 15.1. The standard InChI is InChI=1S/C18H20O3/c1-3-20-17-12-8-11-15(18(17)21-4-2)13-16(19)14-9-6-5-7-10-14/h5-12H,3-4,13H2,1-2H3. The molecule has 2 aromatic rings. The van der Waals surface area contributed by atoms with Gasteiger partial charge in [-0.25, -0.2) is 0 Å². The van der Waals surface area contributed by atoms with Crippen LogP contribution in [0.1, 0.15) is 29.8 Å². The minimum absolute atomic E-state index is 0.0743. The molecule has 21 heavy (non-hydrogen) atoms. The Kier molecular flexibility index (Phi) is 5.38. The predicted molar refractivity (Wildman–Crippen MR) is 83.3 cm³/mol. The molecule has 2 aromatic carbocycles. The SMILES string of the molecule is CCOc1cccc(CC(=O)c2ccccc2)c1OCC. The van der Waals surface area contributed by atoms with E-state index in [0.717, 1.165) is 5.56 Å². The first-order valence-corrected chi connectivity index (χ1v) is 7.22. The molecule has 0 aliphatic rings. The van der Waals surface area contributed by atoms with Crippen molar-refractivity contribution in [2.24, 2.45) is 0 Å². The van der Waals surface area contributed by atoms with Gasteiger partial charge in [0.25, 0.3) is 0 Å². The smallest absolute Gasteiger partial charge is 0.167 e. The summed E-state index contributed by atoms with van der Waals surface area (Å²) >= 11 is 0. The molecule has 0 bridgehead atoms. The van der Waals surface area contributed by atoms with E-state index in [1.807, 2.05) is 62.4 Å². The molecule has 0 aromatic heterocycles.